The molecular formula is C9H13BrN2O. The van der Waals surface area contributed by atoms with Gasteiger partial charge in [-0.25, -0.2) is 0 Å². The minimum Gasteiger partial charge on any atom is -0.496 e. The van der Waals surface area contributed by atoms with Gasteiger partial charge in [0.1, 0.15) is 5.75 Å². The molecule has 0 spiro atoms. The zero-order chi connectivity index (χ0) is 9.84. The van der Waals surface area contributed by atoms with Gasteiger partial charge in [0.25, 0.3) is 0 Å². The predicted octanol–water partition coefficient (Wildman–Crippen LogP) is 1.98. The molecule has 0 saturated carbocycles. The van der Waals surface area contributed by atoms with Gasteiger partial charge in [0, 0.05) is 16.1 Å². The van der Waals surface area contributed by atoms with Crippen molar-refractivity contribution in [3.8, 4) is 5.75 Å². The van der Waals surface area contributed by atoms with Crippen LogP contribution in [0.25, 0.3) is 0 Å². The summed E-state index contributed by atoms with van der Waals surface area (Å²) in [4.78, 5) is 0. The quantitative estimate of drug-likeness (QED) is 0.632. The smallest absolute Gasteiger partial charge is 0.124 e. The Bertz CT molecular complexity index is 291. The number of hydrogen-bond donors (Lipinski definition) is 2. The topological polar surface area (TPSA) is 47.3 Å². The molecule has 0 fully saturated rings. The van der Waals surface area contributed by atoms with E-state index < -0.39 is 0 Å². The number of nitrogens with two attached hydrogens (primary N) is 1. The van der Waals surface area contributed by atoms with Gasteiger partial charge in [-0.15, -0.1) is 0 Å². The summed E-state index contributed by atoms with van der Waals surface area (Å²) in [6, 6.07) is 5.95. The molecule has 0 amide bonds. The fraction of sp³-hybridized carbons (Fsp3) is 0.333. The van der Waals surface area contributed by atoms with Crippen molar-refractivity contribution in [1.82, 2.24) is 5.43 Å². The molecule has 1 rings (SSSR count). The molecular weight excluding hydrogens is 232 g/mol. The number of benzene rings is 1. The van der Waals surface area contributed by atoms with Gasteiger partial charge in [-0.3, -0.25) is 11.3 Å². The molecule has 0 aliphatic heterocycles. The van der Waals surface area contributed by atoms with Crippen LogP contribution in [-0.2, 0) is 0 Å². The molecule has 3 N–H and O–H groups in total. The Balaban J connectivity index is 3.05. The Morgan fingerprint density at radius 3 is 2.77 bits per heavy atom. The lowest BCUT2D eigenvalue weighted by Gasteiger charge is -2.14. The highest BCUT2D eigenvalue weighted by Gasteiger charge is 2.09. The number of nitrogens with one attached hydrogen (secondary N) is 1. The van der Waals surface area contributed by atoms with Gasteiger partial charge in [0.15, 0.2) is 0 Å². The average Bonchev–Trinajstić information content (AvgIpc) is 2.16. The molecule has 1 aromatic carbocycles. The van der Waals surface area contributed by atoms with E-state index in [1.165, 1.54) is 0 Å². The van der Waals surface area contributed by atoms with Crippen molar-refractivity contribution >= 4 is 15.9 Å². The maximum absolute atomic E-state index is 5.35. The molecule has 72 valence electrons. The standard InChI is InChI=1S/C9H13BrN2O/c1-6(12-11)8-4-3-7(10)5-9(8)13-2/h3-6,12H,11H2,1-2H3. The summed E-state index contributed by atoms with van der Waals surface area (Å²) in [5.41, 5.74) is 3.73. The van der Waals surface area contributed by atoms with Gasteiger partial charge in [0.05, 0.1) is 7.11 Å². The van der Waals surface area contributed by atoms with Crippen LogP contribution in [0.5, 0.6) is 5.75 Å². The molecule has 0 saturated heterocycles. The van der Waals surface area contributed by atoms with Crippen LogP contribution in [0.4, 0.5) is 0 Å². The van der Waals surface area contributed by atoms with Crippen molar-refractivity contribution in [1.29, 1.82) is 0 Å². The lowest BCUT2D eigenvalue weighted by atomic mass is 10.1. The van der Waals surface area contributed by atoms with E-state index in [4.69, 9.17) is 10.6 Å². The van der Waals surface area contributed by atoms with Gasteiger partial charge < -0.3 is 4.74 Å². The Kier molecular flexibility index (Phi) is 3.71. The summed E-state index contributed by atoms with van der Waals surface area (Å²) in [6.45, 7) is 1.98. The van der Waals surface area contributed by atoms with Crippen LogP contribution in [0.1, 0.15) is 18.5 Å². The summed E-state index contributed by atoms with van der Waals surface area (Å²) in [6.07, 6.45) is 0. The highest BCUT2D eigenvalue weighted by atomic mass is 79.9. The van der Waals surface area contributed by atoms with Crippen molar-refractivity contribution in [2.45, 2.75) is 13.0 Å². The lowest BCUT2D eigenvalue weighted by molar-refractivity contribution is 0.402. The Morgan fingerprint density at radius 2 is 2.23 bits per heavy atom. The zero-order valence-corrected chi connectivity index (χ0v) is 9.26. The monoisotopic (exact) mass is 244 g/mol. The maximum Gasteiger partial charge on any atom is 0.124 e. The van der Waals surface area contributed by atoms with Gasteiger partial charge in [0.2, 0.25) is 0 Å². The van der Waals surface area contributed by atoms with E-state index in [0.717, 1.165) is 15.8 Å². The summed E-state index contributed by atoms with van der Waals surface area (Å²) in [5.74, 6) is 6.18. The first-order chi connectivity index (χ1) is 6.19. The second-order valence-electron chi connectivity index (χ2n) is 2.77. The second-order valence-corrected chi connectivity index (χ2v) is 3.69. The Hall–Kier alpha value is -0.580. The molecule has 0 heterocycles. The maximum atomic E-state index is 5.35. The number of methoxy groups -OCH3 is 1. The van der Waals surface area contributed by atoms with Crippen molar-refractivity contribution in [3.05, 3.63) is 28.2 Å². The summed E-state index contributed by atoms with van der Waals surface area (Å²) < 4.78 is 6.22. The van der Waals surface area contributed by atoms with E-state index in [1.54, 1.807) is 7.11 Å². The van der Waals surface area contributed by atoms with Crippen molar-refractivity contribution in [2.24, 2.45) is 5.84 Å². The van der Waals surface area contributed by atoms with Gasteiger partial charge in [-0.2, -0.15) is 0 Å². The number of halogens is 1. The second kappa shape index (κ2) is 4.60. The van der Waals surface area contributed by atoms with Crippen molar-refractivity contribution in [3.63, 3.8) is 0 Å². The van der Waals surface area contributed by atoms with Crippen LogP contribution in [0.3, 0.4) is 0 Å². The summed E-state index contributed by atoms with van der Waals surface area (Å²) in [7, 11) is 1.65. The third kappa shape index (κ3) is 2.43. The van der Waals surface area contributed by atoms with E-state index in [0.29, 0.717) is 0 Å². The zero-order valence-electron chi connectivity index (χ0n) is 7.67. The number of rotatable bonds is 3. The van der Waals surface area contributed by atoms with Gasteiger partial charge in [-0.1, -0.05) is 22.0 Å². The highest BCUT2D eigenvalue weighted by Crippen LogP contribution is 2.27. The number of ether oxygens (including phenoxy) is 1. The number of hydrazine groups is 1. The molecule has 0 aromatic heterocycles. The minimum atomic E-state index is 0.0862. The van der Waals surface area contributed by atoms with Crippen molar-refractivity contribution < 1.29 is 4.74 Å². The molecule has 1 aromatic rings. The third-order valence-electron chi connectivity index (χ3n) is 1.91. The van der Waals surface area contributed by atoms with Crippen LogP contribution in [0, 0.1) is 0 Å². The summed E-state index contributed by atoms with van der Waals surface area (Å²) >= 11 is 3.38. The molecule has 1 unspecified atom stereocenters. The third-order valence-corrected chi connectivity index (χ3v) is 2.41. The molecule has 3 nitrogen and oxygen atoms in total. The first-order valence-electron chi connectivity index (χ1n) is 3.98. The van der Waals surface area contributed by atoms with Gasteiger partial charge >= 0.3 is 0 Å². The van der Waals surface area contributed by atoms with Crippen LogP contribution in [0.15, 0.2) is 22.7 Å². The van der Waals surface area contributed by atoms with Crippen LogP contribution in [-0.4, -0.2) is 7.11 Å². The highest BCUT2D eigenvalue weighted by molar-refractivity contribution is 9.10. The SMILES string of the molecule is COc1cc(Br)ccc1C(C)NN. The normalized spacial score (nSPS) is 12.6. The van der Waals surface area contributed by atoms with Crippen LogP contribution >= 0.6 is 15.9 Å². The lowest BCUT2D eigenvalue weighted by Crippen LogP contribution is -2.25. The molecule has 1 atom stereocenters. The Labute approximate surface area is 86.4 Å². The number of hydrogen-bond acceptors (Lipinski definition) is 3. The van der Waals surface area contributed by atoms with Gasteiger partial charge in [-0.05, 0) is 19.1 Å². The molecule has 0 bridgehead atoms. The van der Waals surface area contributed by atoms with E-state index in [9.17, 15) is 0 Å². The van der Waals surface area contributed by atoms with Crippen molar-refractivity contribution in [2.75, 3.05) is 7.11 Å². The van der Waals surface area contributed by atoms with E-state index in [2.05, 4.69) is 21.4 Å². The summed E-state index contributed by atoms with van der Waals surface area (Å²) in [5, 5.41) is 0. The predicted molar refractivity (Wildman–Crippen MR) is 56.4 cm³/mol. The largest absolute Gasteiger partial charge is 0.496 e. The first-order valence-corrected chi connectivity index (χ1v) is 4.78. The van der Waals surface area contributed by atoms with E-state index in [1.807, 2.05) is 25.1 Å². The molecule has 4 heteroatoms. The first kappa shape index (κ1) is 10.5. The fourth-order valence-corrected chi connectivity index (χ4v) is 1.47. The van der Waals surface area contributed by atoms with Crippen LogP contribution < -0.4 is 16.0 Å². The minimum absolute atomic E-state index is 0.0862. The van der Waals surface area contributed by atoms with Crippen LogP contribution in [0.2, 0.25) is 0 Å². The molecule has 13 heavy (non-hydrogen) atoms. The fourth-order valence-electron chi connectivity index (χ4n) is 1.13. The van der Waals surface area contributed by atoms with E-state index in [-0.39, 0.29) is 6.04 Å². The Morgan fingerprint density at radius 1 is 1.54 bits per heavy atom. The molecule has 0 aliphatic carbocycles. The molecule has 0 radical (unpaired) electrons. The average molecular weight is 245 g/mol. The van der Waals surface area contributed by atoms with E-state index >= 15 is 0 Å². The molecule has 0 aliphatic rings.